The Hall–Kier alpha value is -3.03. The number of rotatable bonds is 8. The molecule has 1 unspecified atom stereocenters. The van der Waals surface area contributed by atoms with Gasteiger partial charge in [-0.15, -0.1) is 0 Å². The first-order chi connectivity index (χ1) is 14.2. The van der Waals surface area contributed by atoms with Gasteiger partial charge in [0.2, 0.25) is 0 Å². The lowest BCUT2D eigenvalue weighted by Gasteiger charge is -2.30. The second-order valence-electron chi connectivity index (χ2n) is 7.46. The number of pyridine rings is 1. The Morgan fingerprint density at radius 3 is 2.97 bits per heavy atom. The first kappa shape index (κ1) is 19.3. The van der Waals surface area contributed by atoms with Crippen molar-refractivity contribution in [3.63, 3.8) is 0 Å². The Morgan fingerprint density at radius 1 is 1.38 bits per heavy atom. The number of aromatic amines is 1. The summed E-state index contributed by atoms with van der Waals surface area (Å²) in [7, 11) is 0. The van der Waals surface area contributed by atoms with Crippen molar-refractivity contribution in [3.05, 3.63) is 30.1 Å². The minimum Gasteiger partial charge on any atom is -0.488 e. The number of likely N-dealkylation sites (tertiary alicyclic amines) is 1. The predicted octanol–water partition coefficient (Wildman–Crippen LogP) is 2.81. The number of hydrogen-bond acceptors (Lipinski definition) is 6. The van der Waals surface area contributed by atoms with E-state index in [1.54, 1.807) is 12.3 Å². The van der Waals surface area contributed by atoms with Crippen molar-refractivity contribution < 1.29 is 14.3 Å². The maximum Gasteiger partial charge on any atom is 0.270 e. The van der Waals surface area contributed by atoms with Crippen LogP contribution in [0.15, 0.2) is 24.4 Å². The molecule has 2 aliphatic heterocycles. The van der Waals surface area contributed by atoms with Crippen molar-refractivity contribution in [1.29, 1.82) is 0 Å². The second kappa shape index (κ2) is 8.55. The molecule has 1 saturated heterocycles. The zero-order valence-corrected chi connectivity index (χ0v) is 16.7. The molecule has 2 aliphatic rings. The van der Waals surface area contributed by atoms with E-state index in [1.807, 2.05) is 24.0 Å². The van der Waals surface area contributed by atoms with Crippen molar-refractivity contribution in [1.82, 2.24) is 14.9 Å². The monoisotopic (exact) mass is 397 g/mol. The van der Waals surface area contributed by atoms with Crippen LogP contribution in [-0.4, -0.2) is 59.8 Å². The topological polar surface area (TPSA) is 90.6 Å². The minimum absolute atomic E-state index is 0.0203. The van der Waals surface area contributed by atoms with Crippen LogP contribution in [0.5, 0.6) is 5.75 Å². The lowest BCUT2D eigenvalue weighted by molar-refractivity contribution is -0.111. The molecule has 0 bridgehead atoms. The molecule has 1 fully saturated rings. The van der Waals surface area contributed by atoms with Crippen LogP contribution in [0.3, 0.4) is 0 Å². The van der Waals surface area contributed by atoms with E-state index in [1.165, 1.54) is 0 Å². The smallest absolute Gasteiger partial charge is 0.270 e. The highest BCUT2D eigenvalue weighted by Gasteiger charge is 2.28. The third-order valence-corrected chi connectivity index (χ3v) is 5.57. The molecule has 0 spiro atoms. The van der Waals surface area contributed by atoms with Crippen molar-refractivity contribution in [2.75, 3.05) is 43.0 Å². The maximum absolute atomic E-state index is 12.5. The first-order valence-electron chi connectivity index (χ1n) is 10.3. The standard InChI is InChI=1S/C21H27N5O3/c1-2-15(14-27)4-6-22-19-12-16(5-7-23-19)26-10-11-29-18-13-17(24-20(18)26)21(28)25-8-3-9-25/h5,7,12-15,24H,2-4,6,8-11H2,1H3,(H,22,23). The molecule has 8 nitrogen and oxygen atoms in total. The Kier molecular flexibility index (Phi) is 5.69. The number of carbonyl (C=O) groups is 2. The number of anilines is 3. The van der Waals surface area contributed by atoms with Gasteiger partial charge in [0.25, 0.3) is 5.91 Å². The van der Waals surface area contributed by atoms with Crippen LogP contribution in [0.2, 0.25) is 0 Å². The Morgan fingerprint density at radius 2 is 2.24 bits per heavy atom. The van der Waals surface area contributed by atoms with Gasteiger partial charge in [-0.2, -0.15) is 0 Å². The number of amides is 1. The van der Waals surface area contributed by atoms with Gasteiger partial charge in [0, 0.05) is 49.6 Å². The molecule has 0 aromatic carbocycles. The highest BCUT2D eigenvalue weighted by atomic mass is 16.5. The van der Waals surface area contributed by atoms with Crippen LogP contribution in [0.25, 0.3) is 0 Å². The van der Waals surface area contributed by atoms with E-state index in [-0.39, 0.29) is 11.8 Å². The van der Waals surface area contributed by atoms with Gasteiger partial charge in [-0.1, -0.05) is 6.92 Å². The molecule has 1 atom stereocenters. The molecule has 2 aromatic rings. The Labute approximate surface area is 170 Å². The number of aromatic nitrogens is 2. The van der Waals surface area contributed by atoms with Gasteiger partial charge >= 0.3 is 0 Å². The highest BCUT2D eigenvalue weighted by Crippen LogP contribution is 2.37. The third-order valence-electron chi connectivity index (χ3n) is 5.57. The molecule has 2 N–H and O–H groups in total. The van der Waals surface area contributed by atoms with Gasteiger partial charge in [-0.3, -0.25) is 4.79 Å². The van der Waals surface area contributed by atoms with Gasteiger partial charge in [-0.05, 0) is 25.3 Å². The van der Waals surface area contributed by atoms with E-state index in [0.29, 0.717) is 31.1 Å². The number of carbonyl (C=O) groups excluding carboxylic acids is 2. The molecule has 1 amide bonds. The fraction of sp³-hybridized carbons (Fsp3) is 0.476. The summed E-state index contributed by atoms with van der Waals surface area (Å²) in [6.07, 6.45) is 5.48. The van der Waals surface area contributed by atoms with Crippen LogP contribution in [0, 0.1) is 5.92 Å². The van der Waals surface area contributed by atoms with Crippen molar-refractivity contribution in [2.45, 2.75) is 26.2 Å². The zero-order chi connectivity index (χ0) is 20.2. The third kappa shape index (κ3) is 4.06. The average molecular weight is 397 g/mol. The summed E-state index contributed by atoms with van der Waals surface area (Å²) in [5, 5.41) is 3.30. The van der Waals surface area contributed by atoms with Gasteiger partial charge in [0.05, 0.1) is 6.54 Å². The normalized spacial score (nSPS) is 16.4. The average Bonchev–Trinajstić information content (AvgIpc) is 3.14. The van der Waals surface area contributed by atoms with E-state index in [0.717, 1.165) is 56.0 Å². The summed E-state index contributed by atoms with van der Waals surface area (Å²) in [6.45, 7) is 5.57. The molecule has 29 heavy (non-hydrogen) atoms. The number of nitrogens with one attached hydrogen (secondary N) is 2. The minimum atomic E-state index is 0.0203. The van der Waals surface area contributed by atoms with Crippen LogP contribution in [0.1, 0.15) is 36.7 Å². The Balaban J connectivity index is 1.49. The van der Waals surface area contributed by atoms with Gasteiger partial charge < -0.3 is 29.6 Å². The maximum atomic E-state index is 12.5. The highest BCUT2D eigenvalue weighted by molar-refractivity contribution is 5.95. The van der Waals surface area contributed by atoms with Crippen LogP contribution in [-0.2, 0) is 4.79 Å². The number of aldehydes is 1. The molecule has 4 heterocycles. The van der Waals surface area contributed by atoms with E-state index in [2.05, 4.69) is 20.2 Å². The van der Waals surface area contributed by atoms with Crippen molar-refractivity contribution >= 4 is 29.5 Å². The van der Waals surface area contributed by atoms with Gasteiger partial charge in [0.1, 0.15) is 24.4 Å². The summed E-state index contributed by atoms with van der Waals surface area (Å²) in [5.41, 5.74) is 1.53. The molecule has 154 valence electrons. The number of fused-ring (bicyclic) bond motifs is 1. The molecular weight excluding hydrogens is 370 g/mol. The largest absolute Gasteiger partial charge is 0.488 e. The van der Waals surface area contributed by atoms with E-state index in [4.69, 9.17) is 4.74 Å². The zero-order valence-electron chi connectivity index (χ0n) is 16.7. The predicted molar refractivity (Wildman–Crippen MR) is 111 cm³/mol. The van der Waals surface area contributed by atoms with Crippen molar-refractivity contribution in [2.24, 2.45) is 5.92 Å². The number of nitrogens with zero attached hydrogens (tertiary/aromatic N) is 3. The van der Waals surface area contributed by atoms with Crippen LogP contribution < -0.4 is 15.0 Å². The van der Waals surface area contributed by atoms with Crippen LogP contribution >= 0.6 is 0 Å². The lowest BCUT2D eigenvalue weighted by atomic mass is 10.1. The molecule has 0 radical (unpaired) electrons. The SMILES string of the molecule is CCC(C=O)CCNc1cc(N2CCOc3cc(C(=O)N4CCC4)[nH]c32)ccn1. The molecule has 2 aromatic heterocycles. The number of ether oxygens (including phenoxy) is 1. The lowest BCUT2D eigenvalue weighted by Crippen LogP contribution is -2.42. The fourth-order valence-electron chi connectivity index (χ4n) is 3.59. The summed E-state index contributed by atoms with van der Waals surface area (Å²) in [6, 6.07) is 5.72. The molecular formula is C21H27N5O3. The molecule has 0 saturated carbocycles. The van der Waals surface area contributed by atoms with E-state index in [9.17, 15) is 9.59 Å². The van der Waals surface area contributed by atoms with Gasteiger partial charge in [0.15, 0.2) is 11.6 Å². The first-order valence-corrected chi connectivity index (χ1v) is 10.3. The summed E-state index contributed by atoms with van der Waals surface area (Å²) in [4.78, 5) is 35.1. The summed E-state index contributed by atoms with van der Waals surface area (Å²) >= 11 is 0. The van der Waals surface area contributed by atoms with Crippen molar-refractivity contribution in [3.8, 4) is 5.75 Å². The number of H-pyrrole nitrogens is 1. The fourth-order valence-corrected chi connectivity index (χ4v) is 3.59. The quantitative estimate of drug-likeness (QED) is 0.666. The second-order valence-corrected chi connectivity index (χ2v) is 7.46. The van der Waals surface area contributed by atoms with E-state index < -0.39 is 0 Å². The number of hydrogen-bond donors (Lipinski definition) is 2. The molecule has 0 aliphatic carbocycles. The molecule has 4 rings (SSSR count). The van der Waals surface area contributed by atoms with Gasteiger partial charge in [-0.25, -0.2) is 4.98 Å². The van der Waals surface area contributed by atoms with E-state index >= 15 is 0 Å². The summed E-state index contributed by atoms with van der Waals surface area (Å²) in [5.74, 6) is 2.35. The Bertz CT molecular complexity index is 877. The molecule has 8 heteroatoms. The summed E-state index contributed by atoms with van der Waals surface area (Å²) < 4.78 is 5.78. The van der Waals surface area contributed by atoms with Crippen LogP contribution in [0.4, 0.5) is 17.3 Å².